The Kier molecular flexibility index (Phi) is 3.55. The fourth-order valence-corrected chi connectivity index (χ4v) is 2.83. The van der Waals surface area contributed by atoms with Crippen molar-refractivity contribution >= 4 is 18.5 Å². The van der Waals surface area contributed by atoms with Gasteiger partial charge < -0.3 is 0 Å². The molecule has 1 saturated heterocycles. The largest absolute Gasteiger partial charge is 0.295 e. The maximum Gasteiger partial charge on any atom is 0.0198 e. The predicted molar refractivity (Wildman–Crippen MR) is 62.7 cm³/mol. The number of rotatable bonds is 1. The van der Waals surface area contributed by atoms with Crippen LogP contribution in [0.25, 0.3) is 0 Å². The molecule has 1 aliphatic heterocycles. The quantitative estimate of drug-likeness (QED) is 0.594. The third-order valence-electron chi connectivity index (χ3n) is 2.61. The van der Waals surface area contributed by atoms with Crippen LogP contribution in [0.3, 0.4) is 0 Å². The molecule has 1 nitrogen and oxygen atoms in total. The number of likely N-dealkylation sites (tertiary alicyclic amines) is 1. The van der Waals surface area contributed by atoms with E-state index >= 15 is 0 Å². The number of nitrogens with zero attached hydrogens (tertiary/aromatic N) is 1. The van der Waals surface area contributed by atoms with Crippen LogP contribution in [0.1, 0.15) is 33.6 Å². The third kappa shape index (κ3) is 2.41. The van der Waals surface area contributed by atoms with Gasteiger partial charge in [-0.05, 0) is 40.2 Å². The van der Waals surface area contributed by atoms with E-state index in [0.29, 0.717) is 10.9 Å². The van der Waals surface area contributed by atoms with E-state index in [1.54, 1.807) is 0 Å². The van der Waals surface area contributed by atoms with Gasteiger partial charge in [0.05, 0.1) is 0 Å². The van der Waals surface area contributed by atoms with Gasteiger partial charge in [0.25, 0.3) is 0 Å². The zero-order valence-electron chi connectivity index (χ0n) is 8.38. The monoisotopic (exact) mass is 205 g/mol. The molecule has 0 aromatic heterocycles. The molecule has 3 heteroatoms. The fraction of sp³-hybridized carbons (Fsp3) is 1.00. The molecule has 0 bridgehead atoms. The molecule has 0 N–H and O–H groups in total. The molecule has 0 radical (unpaired) electrons. The molecule has 3 atom stereocenters. The van der Waals surface area contributed by atoms with Gasteiger partial charge in [-0.1, -0.05) is 0 Å². The van der Waals surface area contributed by atoms with Gasteiger partial charge in [0.1, 0.15) is 0 Å². The van der Waals surface area contributed by atoms with E-state index in [0.717, 1.165) is 6.04 Å². The molecule has 1 aliphatic rings. The van der Waals surface area contributed by atoms with Crippen molar-refractivity contribution in [2.75, 3.05) is 6.54 Å². The smallest absolute Gasteiger partial charge is 0.0198 e. The summed E-state index contributed by atoms with van der Waals surface area (Å²) in [6.07, 6.45) is 2.72. The van der Waals surface area contributed by atoms with Gasteiger partial charge in [-0.3, -0.25) is 4.90 Å². The van der Waals surface area contributed by atoms with Gasteiger partial charge >= 0.3 is 0 Å². The van der Waals surface area contributed by atoms with Crippen LogP contribution in [0.15, 0.2) is 0 Å². The number of hydrogen-bond acceptors (Lipinski definition) is 1. The van der Waals surface area contributed by atoms with Gasteiger partial charge in [-0.25, -0.2) is 0 Å². The van der Waals surface area contributed by atoms with Crippen LogP contribution in [0, 0.1) is 0 Å². The van der Waals surface area contributed by atoms with Crippen molar-refractivity contribution < 1.29 is 0 Å². The SMILES string of the molecule is CC(C)(C)N1CCCC1C(P)P. The zero-order valence-corrected chi connectivity index (χ0v) is 10.7. The Morgan fingerprint density at radius 2 is 1.92 bits per heavy atom. The molecule has 0 aromatic carbocycles. The van der Waals surface area contributed by atoms with Gasteiger partial charge in [0.2, 0.25) is 0 Å². The molecular formula is C9H21NP2. The Bertz CT molecular complexity index is 151. The highest BCUT2D eigenvalue weighted by Gasteiger charge is 2.34. The Balaban J connectivity index is 2.64. The minimum absolute atomic E-state index is 0.340. The molecule has 0 amide bonds. The molecule has 1 heterocycles. The molecule has 0 spiro atoms. The van der Waals surface area contributed by atoms with Gasteiger partial charge in [0.15, 0.2) is 0 Å². The summed E-state index contributed by atoms with van der Waals surface area (Å²) in [6, 6.07) is 0.750. The first-order valence-corrected chi connectivity index (χ1v) is 6.04. The summed E-state index contributed by atoms with van der Waals surface area (Å²) in [6.45, 7) is 8.20. The van der Waals surface area contributed by atoms with E-state index in [-0.39, 0.29) is 0 Å². The van der Waals surface area contributed by atoms with Crippen molar-refractivity contribution in [2.45, 2.75) is 50.6 Å². The summed E-state index contributed by atoms with van der Waals surface area (Å²) in [5.41, 5.74) is 0.340. The molecule has 1 rings (SSSR count). The van der Waals surface area contributed by atoms with E-state index in [1.807, 2.05) is 0 Å². The van der Waals surface area contributed by atoms with E-state index in [9.17, 15) is 0 Å². The minimum Gasteiger partial charge on any atom is -0.295 e. The highest BCUT2D eigenvalue weighted by molar-refractivity contribution is 7.38. The standard InChI is InChI=1S/C9H21NP2/c1-9(2,3)10-6-4-5-7(10)8(11)12/h7-8H,4-6,11-12H2,1-3H3. The van der Waals surface area contributed by atoms with Crippen molar-refractivity contribution in [1.82, 2.24) is 4.90 Å². The van der Waals surface area contributed by atoms with E-state index in [4.69, 9.17) is 0 Å². The van der Waals surface area contributed by atoms with E-state index in [1.165, 1.54) is 19.4 Å². The van der Waals surface area contributed by atoms with Crippen LogP contribution >= 0.6 is 18.5 Å². The Hall–Kier alpha value is 0.820. The summed E-state index contributed by atoms with van der Waals surface area (Å²) in [5, 5.41) is 0.645. The summed E-state index contributed by atoms with van der Waals surface area (Å²) in [5.74, 6) is 0. The molecule has 0 aromatic rings. The summed E-state index contributed by atoms with van der Waals surface area (Å²) >= 11 is 0. The lowest BCUT2D eigenvalue weighted by molar-refractivity contribution is 0.129. The van der Waals surface area contributed by atoms with Crippen molar-refractivity contribution in [3.63, 3.8) is 0 Å². The molecule has 1 fully saturated rings. The maximum atomic E-state index is 2.91. The normalized spacial score (nSPS) is 27.0. The third-order valence-corrected chi connectivity index (χ3v) is 3.49. The molecular weight excluding hydrogens is 184 g/mol. The van der Waals surface area contributed by atoms with Crippen molar-refractivity contribution in [3.05, 3.63) is 0 Å². The molecule has 3 unspecified atom stereocenters. The van der Waals surface area contributed by atoms with Gasteiger partial charge in [0, 0.05) is 17.0 Å². The summed E-state index contributed by atoms with van der Waals surface area (Å²) < 4.78 is 0. The second-order valence-electron chi connectivity index (χ2n) is 4.65. The molecule has 0 saturated carbocycles. The lowest BCUT2D eigenvalue weighted by Gasteiger charge is -2.38. The Labute approximate surface area is 81.1 Å². The van der Waals surface area contributed by atoms with Crippen LogP contribution in [0.5, 0.6) is 0 Å². The molecule has 12 heavy (non-hydrogen) atoms. The lowest BCUT2D eigenvalue weighted by Crippen LogP contribution is -2.46. The second kappa shape index (κ2) is 3.91. The van der Waals surface area contributed by atoms with Crippen LogP contribution in [0.4, 0.5) is 0 Å². The molecule has 0 aliphatic carbocycles. The summed E-state index contributed by atoms with van der Waals surface area (Å²) in [4.78, 5) is 2.62. The van der Waals surface area contributed by atoms with Crippen molar-refractivity contribution in [3.8, 4) is 0 Å². The minimum atomic E-state index is 0.340. The van der Waals surface area contributed by atoms with Crippen molar-refractivity contribution in [1.29, 1.82) is 0 Å². The second-order valence-corrected chi connectivity index (χ2v) is 6.96. The maximum absolute atomic E-state index is 2.91. The average molecular weight is 205 g/mol. The van der Waals surface area contributed by atoms with Crippen LogP contribution < -0.4 is 0 Å². The predicted octanol–water partition coefficient (Wildman–Crippen LogP) is 2.33. The van der Waals surface area contributed by atoms with E-state index < -0.39 is 0 Å². The lowest BCUT2D eigenvalue weighted by atomic mass is 10.1. The first-order valence-electron chi connectivity index (χ1n) is 4.71. The zero-order chi connectivity index (χ0) is 9.35. The van der Waals surface area contributed by atoms with Gasteiger partial charge in [-0.15, -0.1) is 18.5 Å². The first-order chi connectivity index (χ1) is 5.43. The highest BCUT2D eigenvalue weighted by atomic mass is 31.1. The number of hydrogen-bond donors (Lipinski definition) is 0. The van der Waals surface area contributed by atoms with Crippen LogP contribution in [0.2, 0.25) is 0 Å². The highest BCUT2D eigenvalue weighted by Crippen LogP contribution is 2.33. The van der Waals surface area contributed by atoms with Crippen LogP contribution in [-0.4, -0.2) is 28.4 Å². The fourth-order valence-electron chi connectivity index (χ4n) is 2.03. The average Bonchev–Trinajstić information content (AvgIpc) is 2.30. The topological polar surface area (TPSA) is 3.24 Å². The Morgan fingerprint density at radius 3 is 2.25 bits per heavy atom. The Morgan fingerprint density at radius 1 is 1.33 bits per heavy atom. The summed E-state index contributed by atoms with van der Waals surface area (Å²) in [7, 11) is 5.81. The van der Waals surface area contributed by atoms with Crippen LogP contribution in [-0.2, 0) is 0 Å². The van der Waals surface area contributed by atoms with Gasteiger partial charge in [-0.2, -0.15) is 0 Å². The van der Waals surface area contributed by atoms with E-state index in [2.05, 4.69) is 44.2 Å². The molecule has 72 valence electrons. The first kappa shape index (κ1) is 10.9. The van der Waals surface area contributed by atoms with Crippen molar-refractivity contribution in [2.24, 2.45) is 0 Å².